The first-order valence-electron chi connectivity index (χ1n) is 11.9. The first kappa shape index (κ1) is 23.9. The van der Waals surface area contributed by atoms with Crippen LogP contribution in [0.15, 0.2) is 42.2 Å². The maximum atomic E-state index is 12.7. The number of rotatable bonds is 9. The van der Waals surface area contributed by atoms with Crippen LogP contribution in [0.25, 0.3) is 16.5 Å². The topological polar surface area (TPSA) is 70.2 Å². The molecule has 0 spiro atoms. The van der Waals surface area contributed by atoms with Gasteiger partial charge in [0.2, 0.25) is 11.9 Å². The van der Waals surface area contributed by atoms with Gasteiger partial charge in [-0.3, -0.25) is 10.1 Å². The van der Waals surface area contributed by atoms with Gasteiger partial charge in [-0.15, -0.1) is 0 Å². The second-order valence-electron chi connectivity index (χ2n) is 8.62. The van der Waals surface area contributed by atoms with Crippen molar-refractivity contribution in [3.8, 4) is 0 Å². The Hall–Kier alpha value is -2.73. The van der Waals surface area contributed by atoms with Crippen LogP contribution < -0.4 is 10.6 Å². The number of anilines is 1. The molecule has 0 unspecified atom stereocenters. The lowest BCUT2D eigenvalue weighted by molar-refractivity contribution is -0.121. The van der Waals surface area contributed by atoms with E-state index in [0.717, 1.165) is 68.1 Å². The Kier molecular flexibility index (Phi) is 8.80. The fourth-order valence-corrected chi connectivity index (χ4v) is 4.09. The molecule has 1 saturated heterocycles. The summed E-state index contributed by atoms with van der Waals surface area (Å²) >= 11 is 0. The van der Waals surface area contributed by atoms with Crippen molar-refractivity contribution in [1.82, 2.24) is 20.2 Å². The molecule has 6 nitrogen and oxygen atoms in total. The van der Waals surface area contributed by atoms with Gasteiger partial charge in [0.25, 0.3) is 0 Å². The van der Waals surface area contributed by atoms with Crippen LogP contribution in [0.5, 0.6) is 0 Å². The van der Waals surface area contributed by atoms with Gasteiger partial charge in [-0.2, -0.15) is 0 Å². The van der Waals surface area contributed by atoms with E-state index in [1.54, 1.807) is 6.20 Å². The highest BCUT2D eigenvalue weighted by molar-refractivity contribution is 5.92. The zero-order valence-corrected chi connectivity index (χ0v) is 19.9. The zero-order chi connectivity index (χ0) is 22.9. The minimum absolute atomic E-state index is 0.0282. The van der Waals surface area contributed by atoms with E-state index in [9.17, 15) is 4.79 Å². The van der Waals surface area contributed by atoms with Crippen molar-refractivity contribution >= 4 is 28.3 Å². The van der Waals surface area contributed by atoms with E-state index in [1.807, 2.05) is 7.05 Å². The Morgan fingerprint density at radius 2 is 2.00 bits per heavy atom. The van der Waals surface area contributed by atoms with Crippen molar-refractivity contribution < 1.29 is 4.79 Å². The number of hydrogen-bond acceptors (Lipinski definition) is 5. The smallest absolute Gasteiger partial charge is 0.229 e. The third kappa shape index (κ3) is 6.39. The average molecular weight is 436 g/mol. The third-order valence-corrected chi connectivity index (χ3v) is 6.11. The maximum absolute atomic E-state index is 12.7. The second-order valence-corrected chi connectivity index (χ2v) is 8.62. The molecule has 6 heteroatoms. The summed E-state index contributed by atoms with van der Waals surface area (Å²) in [5, 5.41) is 7.24. The van der Waals surface area contributed by atoms with Crippen molar-refractivity contribution in [2.75, 3.05) is 32.5 Å². The van der Waals surface area contributed by atoms with Gasteiger partial charge < -0.3 is 10.2 Å². The van der Waals surface area contributed by atoms with Gasteiger partial charge in [0.1, 0.15) is 0 Å². The standard InChI is InChI=1S/C26H37N5O/c1-5-7-9-20(16-23(27-3)8-6-2)21-10-11-22-18-28-26(29-24(22)17-21)30-25(32)19-12-14-31(4)15-13-19/h8-11,17-19,27H,5-7,12-16H2,1-4H3,(H,28,29,30,32)/b20-9-,23-8-. The molecule has 1 aromatic carbocycles. The number of nitrogens with zero attached hydrogens (tertiary/aromatic N) is 3. The number of unbranched alkanes of at least 4 members (excludes halogenated alkanes) is 1. The number of likely N-dealkylation sites (tertiary alicyclic amines) is 1. The van der Waals surface area contributed by atoms with E-state index in [1.165, 1.54) is 11.3 Å². The van der Waals surface area contributed by atoms with Crippen LogP contribution in [0.2, 0.25) is 0 Å². The number of carbonyl (C=O) groups is 1. The van der Waals surface area contributed by atoms with E-state index in [2.05, 4.69) is 76.7 Å². The number of aromatic nitrogens is 2. The molecule has 0 bridgehead atoms. The maximum Gasteiger partial charge on any atom is 0.229 e. The lowest BCUT2D eigenvalue weighted by atomic mass is 9.96. The van der Waals surface area contributed by atoms with Gasteiger partial charge in [-0.05, 0) is 63.0 Å². The summed E-state index contributed by atoms with van der Waals surface area (Å²) in [5.41, 5.74) is 4.53. The van der Waals surface area contributed by atoms with Crippen LogP contribution in [0, 0.1) is 5.92 Å². The minimum Gasteiger partial charge on any atom is -0.391 e. The predicted molar refractivity (Wildman–Crippen MR) is 133 cm³/mol. The molecule has 2 N–H and O–H groups in total. The highest BCUT2D eigenvalue weighted by Gasteiger charge is 2.24. The van der Waals surface area contributed by atoms with Gasteiger partial charge in [0.15, 0.2) is 0 Å². The van der Waals surface area contributed by atoms with Crippen molar-refractivity contribution in [2.24, 2.45) is 5.92 Å². The summed E-state index contributed by atoms with van der Waals surface area (Å²) in [6.07, 6.45) is 12.1. The Labute approximate surface area is 192 Å². The zero-order valence-electron chi connectivity index (χ0n) is 19.9. The van der Waals surface area contributed by atoms with Crippen LogP contribution in [-0.2, 0) is 4.79 Å². The summed E-state index contributed by atoms with van der Waals surface area (Å²) in [6, 6.07) is 6.32. The van der Waals surface area contributed by atoms with Crippen LogP contribution in [0.3, 0.4) is 0 Å². The average Bonchev–Trinajstić information content (AvgIpc) is 2.81. The number of allylic oxidation sites excluding steroid dienone is 3. The van der Waals surface area contributed by atoms with Crippen molar-refractivity contribution in [1.29, 1.82) is 0 Å². The molecule has 172 valence electrons. The van der Waals surface area contributed by atoms with E-state index in [0.29, 0.717) is 5.95 Å². The number of piperidine rings is 1. The number of nitrogens with one attached hydrogen (secondary N) is 2. The molecule has 2 aromatic rings. The monoisotopic (exact) mass is 435 g/mol. The number of amides is 1. The lowest BCUT2D eigenvalue weighted by Gasteiger charge is -2.27. The molecule has 2 heterocycles. The molecule has 1 aliphatic rings. The van der Waals surface area contributed by atoms with Gasteiger partial charge in [0, 0.05) is 36.7 Å². The van der Waals surface area contributed by atoms with Crippen molar-refractivity contribution in [2.45, 2.75) is 52.4 Å². The van der Waals surface area contributed by atoms with Gasteiger partial charge >= 0.3 is 0 Å². The van der Waals surface area contributed by atoms with Crippen LogP contribution in [-0.4, -0.2) is 48.0 Å². The molecule has 32 heavy (non-hydrogen) atoms. The van der Waals surface area contributed by atoms with Crippen molar-refractivity contribution in [3.63, 3.8) is 0 Å². The summed E-state index contributed by atoms with van der Waals surface area (Å²) < 4.78 is 0. The highest BCUT2D eigenvalue weighted by Crippen LogP contribution is 2.26. The van der Waals surface area contributed by atoms with E-state index < -0.39 is 0 Å². The summed E-state index contributed by atoms with van der Waals surface area (Å²) in [5.74, 6) is 0.450. The van der Waals surface area contributed by atoms with E-state index in [4.69, 9.17) is 0 Å². The third-order valence-electron chi connectivity index (χ3n) is 6.11. The second kappa shape index (κ2) is 11.8. The molecule has 1 aliphatic heterocycles. The van der Waals surface area contributed by atoms with E-state index in [-0.39, 0.29) is 11.8 Å². The fraction of sp³-hybridized carbons (Fsp3) is 0.500. The van der Waals surface area contributed by atoms with Crippen LogP contribution in [0.1, 0.15) is 57.9 Å². The predicted octanol–water partition coefficient (Wildman–Crippen LogP) is 5.00. The SMILES string of the molecule is CC/C=C(/C/C(=C/CCC)c1ccc2cnc(NC(=O)C3CCN(C)CC3)nc2c1)NC. The molecule has 3 rings (SSSR count). The molecular weight excluding hydrogens is 398 g/mol. The summed E-state index contributed by atoms with van der Waals surface area (Å²) in [4.78, 5) is 24.0. The Bertz CT molecular complexity index is 973. The van der Waals surface area contributed by atoms with Crippen LogP contribution in [0.4, 0.5) is 5.95 Å². The highest BCUT2D eigenvalue weighted by atomic mass is 16.2. The van der Waals surface area contributed by atoms with Crippen molar-refractivity contribution in [3.05, 3.63) is 47.8 Å². The van der Waals surface area contributed by atoms with E-state index >= 15 is 0 Å². The molecular formula is C26H37N5O. The first-order valence-corrected chi connectivity index (χ1v) is 11.9. The number of hydrogen-bond donors (Lipinski definition) is 2. The summed E-state index contributed by atoms with van der Waals surface area (Å²) in [7, 11) is 4.07. The normalized spacial score (nSPS) is 16.4. The fourth-order valence-electron chi connectivity index (χ4n) is 4.09. The minimum atomic E-state index is 0.0282. The van der Waals surface area contributed by atoms with Crippen LogP contribution >= 0.6 is 0 Å². The number of fused-ring (bicyclic) bond motifs is 1. The molecule has 1 aromatic heterocycles. The Morgan fingerprint density at radius 3 is 2.69 bits per heavy atom. The molecule has 0 atom stereocenters. The Balaban J connectivity index is 1.82. The van der Waals surface area contributed by atoms with Gasteiger partial charge in [-0.1, -0.05) is 44.6 Å². The molecule has 0 saturated carbocycles. The quantitative estimate of drug-likeness (QED) is 0.580. The number of benzene rings is 1. The molecule has 0 aliphatic carbocycles. The largest absolute Gasteiger partial charge is 0.391 e. The van der Waals surface area contributed by atoms with Gasteiger partial charge in [0.05, 0.1) is 5.52 Å². The first-order chi connectivity index (χ1) is 15.5. The Morgan fingerprint density at radius 1 is 1.22 bits per heavy atom. The molecule has 0 radical (unpaired) electrons. The molecule has 1 amide bonds. The van der Waals surface area contributed by atoms with Gasteiger partial charge in [-0.25, -0.2) is 9.97 Å². The summed E-state index contributed by atoms with van der Waals surface area (Å²) in [6.45, 7) is 6.25. The molecule has 1 fully saturated rings. The number of carbonyl (C=O) groups excluding carboxylic acids is 1. The lowest BCUT2D eigenvalue weighted by Crippen LogP contribution is -2.36.